The number of hydrogen-bond acceptors (Lipinski definition) is 6. The fourth-order valence-electron chi connectivity index (χ4n) is 5.05. The van der Waals surface area contributed by atoms with Crippen LogP contribution in [0.3, 0.4) is 0 Å². The molecule has 2 aromatic carbocycles. The van der Waals surface area contributed by atoms with Crippen LogP contribution in [0.4, 0.5) is 11.5 Å². The lowest BCUT2D eigenvalue weighted by molar-refractivity contribution is -0.105. The van der Waals surface area contributed by atoms with Crippen molar-refractivity contribution in [3.8, 4) is 0 Å². The van der Waals surface area contributed by atoms with Gasteiger partial charge in [0.2, 0.25) is 6.41 Å². The van der Waals surface area contributed by atoms with Gasteiger partial charge in [-0.05, 0) is 29.9 Å². The van der Waals surface area contributed by atoms with Gasteiger partial charge in [-0.25, -0.2) is 9.97 Å². The number of anilines is 2. The lowest BCUT2D eigenvalue weighted by Gasteiger charge is -2.24. The fourth-order valence-corrected chi connectivity index (χ4v) is 5.23. The van der Waals surface area contributed by atoms with Crippen LogP contribution in [0.25, 0.3) is 0 Å². The molecular formula is C26H27ClN4O3. The first kappa shape index (κ1) is 22.8. The number of hydrogen-bond donors (Lipinski definition) is 2. The van der Waals surface area contributed by atoms with Crippen LogP contribution in [-0.4, -0.2) is 34.6 Å². The van der Waals surface area contributed by atoms with E-state index in [1.165, 1.54) is 6.33 Å². The second kappa shape index (κ2) is 10.1. The molecule has 1 aromatic heterocycles. The van der Waals surface area contributed by atoms with Crippen molar-refractivity contribution in [2.24, 2.45) is 11.8 Å². The molecule has 2 saturated carbocycles. The van der Waals surface area contributed by atoms with Gasteiger partial charge in [0, 0.05) is 11.5 Å². The van der Waals surface area contributed by atoms with E-state index in [2.05, 4.69) is 44.9 Å². The number of carbonyl (C=O) groups is 1. The molecule has 0 radical (unpaired) electrons. The molecule has 0 spiro atoms. The fraction of sp³-hybridized carbons (Fsp3) is 0.346. The number of fused-ring (bicyclic) bond motifs is 1. The van der Waals surface area contributed by atoms with Crippen molar-refractivity contribution in [2.45, 2.75) is 37.7 Å². The maximum atomic E-state index is 11.1. The van der Waals surface area contributed by atoms with Crippen LogP contribution in [0.1, 0.15) is 24.0 Å². The third kappa shape index (κ3) is 4.92. The summed E-state index contributed by atoms with van der Waals surface area (Å²) in [6.45, 7) is 1.75. The zero-order valence-corrected chi connectivity index (χ0v) is 19.4. The van der Waals surface area contributed by atoms with E-state index in [1.54, 1.807) is 0 Å². The van der Waals surface area contributed by atoms with E-state index in [1.807, 2.05) is 36.4 Å². The number of ether oxygens (including phenoxy) is 2. The molecule has 2 fully saturated rings. The van der Waals surface area contributed by atoms with Crippen LogP contribution < -0.4 is 10.6 Å². The number of rotatable bonds is 11. The highest BCUT2D eigenvalue weighted by atomic mass is 35.5. The summed E-state index contributed by atoms with van der Waals surface area (Å²) in [5, 5.41) is 6.38. The van der Waals surface area contributed by atoms with Crippen LogP contribution in [0.15, 0.2) is 67.0 Å². The van der Waals surface area contributed by atoms with Gasteiger partial charge < -0.3 is 20.1 Å². The number of benzene rings is 2. The van der Waals surface area contributed by atoms with Crippen molar-refractivity contribution in [2.75, 3.05) is 17.2 Å². The first-order valence-electron chi connectivity index (χ1n) is 11.4. The zero-order valence-electron chi connectivity index (χ0n) is 18.7. The first-order valence-corrected chi connectivity index (χ1v) is 11.8. The minimum absolute atomic E-state index is 0.0435. The highest BCUT2D eigenvalue weighted by Gasteiger charge is 2.66. The molecule has 34 heavy (non-hydrogen) atoms. The summed E-state index contributed by atoms with van der Waals surface area (Å²) in [6, 6.07) is 20.4. The van der Waals surface area contributed by atoms with Gasteiger partial charge in [-0.1, -0.05) is 72.3 Å². The van der Waals surface area contributed by atoms with E-state index in [0.29, 0.717) is 43.7 Å². The van der Waals surface area contributed by atoms with E-state index in [0.717, 1.165) is 24.0 Å². The molecule has 1 amide bonds. The van der Waals surface area contributed by atoms with Crippen molar-refractivity contribution in [3.63, 3.8) is 0 Å². The predicted octanol–water partition coefficient (Wildman–Crippen LogP) is 4.69. The van der Waals surface area contributed by atoms with Crippen LogP contribution in [0, 0.1) is 11.8 Å². The first-order chi connectivity index (χ1) is 16.7. The lowest BCUT2D eigenvalue weighted by Crippen LogP contribution is -2.28. The number of aromatic nitrogens is 2. The van der Waals surface area contributed by atoms with Crippen LogP contribution >= 0.6 is 11.6 Å². The van der Waals surface area contributed by atoms with Gasteiger partial charge in [0.1, 0.15) is 12.0 Å². The molecule has 0 saturated heterocycles. The highest BCUT2D eigenvalue weighted by molar-refractivity contribution is 6.32. The minimum atomic E-state index is -0.168. The Morgan fingerprint density at radius 1 is 1.00 bits per heavy atom. The van der Waals surface area contributed by atoms with E-state index in [9.17, 15) is 4.79 Å². The molecule has 7 nitrogen and oxygen atoms in total. The SMILES string of the molecule is O=CNc1c(Cl)ncnc1N[C@@]12C[C@H](OCc3ccccc3)[C@@H](COCc3ccccc3)[C@@H]1C2. The van der Waals surface area contributed by atoms with Gasteiger partial charge in [-0.3, -0.25) is 4.79 Å². The van der Waals surface area contributed by atoms with Crippen molar-refractivity contribution < 1.29 is 14.3 Å². The van der Waals surface area contributed by atoms with Crippen molar-refractivity contribution in [1.29, 1.82) is 0 Å². The Hall–Kier alpha value is -3.00. The number of nitrogens with zero attached hydrogens (tertiary/aromatic N) is 2. The topological polar surface area (TPSA) is 85.4 Å². The lowest BCUT2D eigenvalue weighted by atomic mass is 10.0. The number of carbonyl (C=O) groups excluding carboxylic acids is 1. The average molecular weight is 479 g/mol. The molecular weight excluding hydrogens is 452 g/mol. The van der Waals surface area contributed by atoms with Crippen molar-refractivity contribution in [1.82, 2.24) is 9.97 Å². The summed E-state index contributed by atoms with van der Waals surface area (Å²) in [6.07, 6.45) is 3.83. The Kier molecular flexibility index (Phi) is 6.76. The van der Waals surface area contributed by atoms with Crippen LogP contribution in [-0.2, 0) is 27.5 Å². The van der Waals surface area contributed by atoms with Gasteiger partial charge in [-0.15, -0.1) is 0 Å². The van der Waals surface area contributed by atoms with Crippen molar-refractivity contribution >= 4 is 29.5 Å². The predicted molar refractivity (Wildman–Crippen MR) is 130 cm³/mol. The maximum Gasteiger partial charge on any atom is 0.211 e. The Bertz CT molecular complexity index is 1120. The molecule has 1 heterocycles. The number of halogens is 1. The van der Waals surface area contributed by atoms with Gasteiger partial charge in [0.25, 0.3) is 0 Å². The second-order valence-corrected chi connectivity index (χ2v) is 9.30. The van der Waals surface area contributed by atoms with Crippen LogP contribution in [0.5, 0.6) is 0 Å². The molecule has 3 aromatic rings. The smallest absolute Gasteiger partial charge is 0.211 e. The maximum absolute atomic E-state index is 11.1. The molecule has 176 valence electrons. The van der Waals surface area contributed by atoms with E-state index >= 15 is 0 Å². The summed E-state index contributed by atoms with van der Waals surface area (Å²) in [5.41, 5.74) is 2.53. The summed E-state index contributed by atoms with van der Waals surface area (Å²) >= 11 is 6.20. The third-order valence-electron chi connectivity index (χ3n) is 6.79. The standard InChI is InChI=1S/C26H27ClN4O3/c27-24-23(30-17-32)25(29-16-28-24)31-26-11-21(26)20(15-33-13-18-7-3-1-4-8-18)22(12-26)34-14-19-9-5-2-6-10-19/h1-10,16-17,20-22H,11-15H2,(H,30,32)(H,28,29,31)/t20-,21-,22-,26-/m0/s1. The summed E-state index contributed by atoms with van der Waals surface area (Å²) < 4.78 is 12.6. The molecule has 0 aliphatic heterocycles. The molecule has 0 bridgehead atoms. The largest absolute Gasteiger partial charge is 0.376 e. The third-order valence-corrected chi connectivity index (χ3v) is 7.08. The molecule has 0 unspecified atom stereocenters. The van der Waals surface area contributed by atoms with Gasteiger partial charge in [-0.2, -0.15) is 0 Å². The molecule has 4 atom stereocenters. The van der Waals surface area contributed by atoms with Crippen molar-refractivity contribution in [3.05, 3.63) is 83.3 Å². The Morgan fingerprint density at radius 2 is 1.71 bits per heavy atom. The Balaban J connectivity index is 1.30. The molecule has 2 aliphatic carbocycles. The summed E-state index contributed by atoms with van der Waals surface area (Å²) in [7, 11) is 0. The monoisotopic (exact) mass is 478 g/mol. The molecule has 8 heteroatoms. The minimum Gasteiger partial charge on any atom is -0.376 e. The Morgan fingerprint density at radius 3 is 2.41 bits per heavy atom. The normalized spacial score (nSPS) is 24.9. The van der Waals surface area contributed by atoms with Gasteiger partial charge in [0.15, 0.2) is 11.0 Å². The average Bonchev–Trinajstić information content (AvgIpc) is 3.48. The number of nitrogens with one attached hydrogen (secondary N) is 2. The Labute approximate surface area is 203 Å². The summed E-state index contributed by atoms with van der Waals surface area (Å²) in [4.78, 5) is 19.4. The highest BCUT2D eigenvalue weighted by Crippen LogP contribution is 2.61. The molecule has 2 aliphatic rings. The summed E-state index contributed by atoms with van der Waals surface area (Å²) in [5.74, 6) is 1.16. The van der Waals surface area contributed by atoms with Crippen LogP contribution in [0.2, 0.25) is 5.15 Å². The quantitative estimate of drug-likeness (QED) is 0.307. The second-order valence-electron chi connectivity index (χ2n) is 8.95. The number of amides is 1. The van der Waals surface area contributed by atoms with Gasteiger partial charge >= 0.3 is 0 Å². The van der Waals surface area contributed by atoms with E-state index in [4.69, 9.17) is 21.1 Å². The molecule has 5 rings (SSSR count). The zero-order chi connectivity index (χ0) is 23.4. The van der Waals surface area contributed by atoms with E-state index < -0.39 is 0 Å². The van der Waals surface area contributed by atoms with Gasteiger partial charge in [0.05, 0.1) is 25.9 Å². The molecule has 2 N–H and O–H groups in total. The van der Waals surface area contributed by atoms with E-state index in [-0.39, 0.29) is 22.7 Å².